The summed E-state index contributed by atoms with van der Waals surface area (Å²) in [5, 5.41) is 3.31. The van der Waals surface area contributed by atoms with Crippen molar-refractivity contribution in [2.45, 2.75) is 52.6 Å². The fraction of sp³-hybridized carbons (Fsp3) is 0.647. The maximum absolute atomic E-state index is 14.4. The minimum atomic E-state index is -0.0878. The van der Waals surface area contributed by atoms with E-state index in [1.165, 1.54) is 12.8 Å². The third kappa shape index (κ3) is 4.20. The smallest absolute Gasteiger partial charge is 0.146 e. The normalized spacial score (nSPS) is 14.8. The van der Waals surface area contributed by atoms with Crippen molar-refractivity contribution in [3.8, 4) is 0 Å². The van der Waals surface area contributed by atoms with Crippen LogP contribution < -0.4 is 10.2 Å². The highest BCUT2D eigenvalue weighted by Crippen LogP contribution is 2.33. The number of hydrogen-bond donors (Lipinski definition) is 1. The van der Waals surface area contributed by atoms with Crippen molar-refractivity contribution in [1.29, 1.82) is 0 Å². The molecule has 0 aliphatic heterocycles. The predicted octanol–water partition coefficient (Wildman–Crippen LogP) is 3.95. The monoisotopic (exact) mass is 278 g/mol. The zero-order valence-corrected chi connectivity index (χ0v) is 13.0. The predicted molar refractivity (Wildman–Crippen MR) is 83.6 cm³/mol. The van der Waals surface area contributed by atoms with Crippen molar-refractivity contribution >= 4 is 5.69 Å². The molecule has 0 atom stereocenters. The lowest BCUT2D eigenvalue weighted by molar-refractivity contribution is 0.584. The summed E-state index contributed by atoms with van der Waals surface area (Å²) in [7, 11) is 0. The van der Waals surface area contributed by atoms with Gasteiger partial charge in [0.2, 0.25) is 0 Å². The molecule has 3 heteroatoms. The largest absolute Gasteiger partial charge is 0.366 e. The van der Waals surface area contributed by atoms with Gasteiger partial charge in [0.1, 0.15) is 5.82 Å². The third-order valence-electron chi connectivity index (χ3n) is 3.85. The molecule has 2 nitrogen and oxygen atoms in total. The Morgan fingerprint density at radius 3 is 2.65 bits per heavy atom. The Morgan fingerprint density at radius 2 is 2.10 bits per heavy atom. The van der Waals surface area contributed by atoms with Crippen LogP contribution in [0.3, 0.4) is 0 Å². The van der Waals surface area contributed by atoms with E-state index in [0.717, 1.165) is 43.2 Å². The molecular formula is C17H27FN2. The molecule has 1 N–H and O–H groups in total. The Morgan fingerprint density at radius 1 is 1.35 bits per heavy atom. The molecule has 0 radical (unpaired) electrons. The summed E-state index contributed by atoms with van der Waals surface area (Å²) >= 11 is 0. The van der Waals surface area contributed by atoms with Crippen LogP contribution in [0, 0.1) is 11.7 Å². The molecule has 1 aromatic carbocycles. The van der Waals surface area contributed by atoms with Gasteiger partial charge in [-0.05, 0) is 63.3 Å². The van der Waals surface area contributed by atoms with Crippen molar-refractivity contribution in [1.82, 2.24) is 5.32 Å². The van der Waals surface area contributed by atoms with Gasteiger partial charge in [0.15, 0.2) is 0 Å². The second-order valence-electron chi connectivity index (χ2n) is 6.15. The number of rotatable bonds is 8. The molecule has 1 aliphatic carbocycles. The summed E-state index contributed by atoms with van der Waals surface area (Å²) in [6.45, 7) is 9.12. The second kappa shape index (κ2) is 7.07. The number of halogens is 1. The maximum Gasteiger partial charge on any atom is 0.146 e. The molecule has 112 valence electrons. The molecule has 0 spiro atoms. The zero-order valence-electron chi connectivity index (χ0n) is 13.0. The lowest BCUT2D eigenvalue weighted by atomic mass is 10.1. The fourth-order valence-corrected chi connectivity index (χ4v) is 2.47. The number of hydrogen-bond acceptors (Lipinski definition) is 2. The molecule has 1 aromatic rings. The van der Waals surface area contributed by atoms with Gasteiger partial charge in [-0.25, -0.2) is 4.39 Å². The van der Waals surface area contributed by atoms with Crippen LogP contribution in [0.5, 0.6) is 0 Å². The van der Waals surface area contributed by atoms with Gasteiger partial charge in [-0.2, -0.15) is 0 Å². The first-order valence-electron chi connectivity index (χ1n) is 7.87. The highest BCUT2D eigenvalue weighted by molar-refractivity contribution is 5.50. The molecule has 0 aromatic heterocycles. The molecule has 0 saturated heterocycles. The first-order valence-corrected chi connectivity index (χ1v) is 7.87. The molecule has 2 rings (SSSR count). The molecule has 0 heterocycles. The Bertz CT molecular complexity index is 427. The van der Waals surface area contributed by atoms with Gasteiger partial charge >= 0.3 is 0 Å². The SMILES string of the molecule is CCCNCc1ccc(N(CC2CC2)C(C)C)c(F)c1. The van der Waals surface area contributed by atoms with Crippen LogP contribution in [0.4, 0.5) is 10.1 Å². The van der Waals surface area contributed by atoms with E-state index in [1.54, 1.807) is 6.07 Å². The summed E-state index contributed by atoms with van der Waals surface area (Å²) in [4.78, 5) is 2.20. The van der Waals surface area contributed by atoms with Gasteiger partial charge in [-0.3, -0.25) is 0 Å². The van der Waals surface area contributed by atoms with Crippen LogP contribution in [-0.4, -0.2) is 19.1 Å². The highest BCUT2D eigenvalue weighted by atomic mass is 19.1. The minimum absolute atomic E-state index is 0.0878. The van der Waals surface area contributed by atoms with Gasteiger partial charge in [-0.1, -0.05) is 13.0 Å². The van der Waals surface area contributed by atoms with Crippen LogP contribution in [0.2, 0.25) is 0 Å². The van der Waals surface area contributed by atoms with Crippen molar-refractivity contribution in [2.75, 3.05) is 18.0 Å². The second-order valence-corrected chi connectivity index (χ2v) is 6.15. The molecule has 20 heavy (non-hydrogen) atoms. The highest BCUT2D eigenvalue weighted by Gasteiger charge is 2.26. The van der Waals surface area contributed by atoms with Gasteiger partial charge < -0.3 is 10.2 Å². The summed E-state index contributed by atoms with van der Waals surface area (Å²) in [5.41, 5.74) is 1.78. The third-order valence-corrected chi connectivity index (χ3v) is 3.85. The molecule has 1 aliphatic rings. The number of benzene rings is 1. The molecule has 0 amide bonds. The first-order chi connectivity index (χ1) is 9.61. The Labute approximate surface area is 122 Å². The van der Waals surface area contributed by atoms with Crippen LogP contribution >= 0.6 is 0 Å². The topological polar surface area (TPSA) is 15.3 Å². The average Bonchev–Trinajstić information content (AvgIpc) is 3.21. The van der Waals surface area contributed by atoms with Crippen molar-refractivity contribution in [2.24, 2.45) is 5.92 Å². The van der Waals surface area contributed by atoms with Crippen LogP contribution in [0.25, 0.3) is 0 Å². The van der Waals surface area contributed by atoms with E-state index in [4.69, 9.17) is 0 Å². The molecule has 1 saturated carbocycles. The lowest BCUT2D eigenvalue weighted by Gasteiger charge is -2.29. The summed E-state index contributed by atoms with van der Waals surface area (Å²) in [5.74, 6) is 0.679. The Hall–Kier alpha value is -1.09. The zero-order chi connectivity index (χ0) is 14.5. The lowest BCUT2D eigenvalue weighted by Crippen LogP contribution is -2.33. The Balaban J connectivity index is 2.05. The van der Waals surface area contributed by atoms with Gasteiger partial charge in [-0.15, -0.1) is 0 Å². The van der Waals surface area contributed by atoms with Crippen molar-refractivity contribution < 1.29 is 4.39 Å². The summed E-state index contributed by atoms with van der Waals surface area (Å²) in [6, 6.07) is 6.01. The minimum Gasteiger partial charge on any atom is -0.366 e. The fourth-order valence-electron chi connectivity index (χ4n) is 2.47. The number of anilines is 1. The van der Waals surface area contributed by atoms with Crippen LogP contribution in [-0.2, 0) is 6.54 Å². The molecule has 0 bridgehead atoms. The van der Waals surface area contributed by atoms with Crippen molar-refractivity contribution in [3.63, 3.8) is 0 Å². The summed E-state index contributed by atoms with van der Waals surface area (Å²) in [6.07, 6.45) is 3.69. The molecular weight excluding hydrogens is 251 g/mol. The van der Waals surface area contributed by atoms with Crippen molar-refractivity contribution in [3.05, 3.63) is 29.6 Å². The van der Waals surface area contributed by atoms with E-state index in [0.29, 0.717) is 6.04 Å². The average molecular weight is 278 g/mol. The van der Waals surface area contributed by atoms with E-state index >= 15 is 0 Å². The molecule has 0 unspecified atom stereocenters. The standard InChI is InChI=1S/C17H27FN2/c1-4-9-19-11-15-7-8-17(16(18)10-15)20(13(2)3)12-14-5-6-14/h7-8,10,13-14,19H,4-6,9,11-12H2,1-3H3. The number of nitrogens with one attached hydrogen (secondary N) is 1. The van der Waals surface area contributed by atoms with Gasteiger partial charge in [0.05, 0.1) is 5.69 Å². The van der Waals surface area contributed by atoms with E-state index in [1.807, 2.05) is 12.1 Å². The van der Waals surface area contributed by atoms with Crippen LogP contribution in [0.1, 0.15) is 45.6 Å². The van der Waals surface area contributed by atoms with Crippen LogP contribution in [0.15, 0.2) is 18.2 Å². The van der Waals surface area contributed by atoms with E-state index in [-0.39, 0.29) is 5.82 Å². The number of nitrogens with zero attached hydrogens (tertiary/aromatic N) is 1. The van der Waals surface area contributed by atoms with E-state index < -0.39 is 0 Å². The van der Waals surface area contributed by atoms with E-state index in [9.17, 15) is 4.39 Å². The van der Waals surface area contributed by atoms with E-state index in [2.05, 4.69) is 31.0 Å². The summed E-state index contributed by atoms with van der Waals surface area (Å²) < 4.78 is 14.4. The Kier molecular flexibility index (Phi) is 5.41. The van der Waals surface area contributed by atoms with Gasteiger partial charge in [0.25, 0.3) is 0 Å². The maximum atomic E-state index is 14.4. The molecule has 1 fully saturated rings. The van der Waals surface area contributed by atoms with Gasteiger partial charge in [0, 0.05) is 19.1 Å². The first kappa shape index (κ1) is 15.3. The quantitative estimate of drug-likeness (QED) is 0.724.